The van der Waals surface area contributed by atoms with Crippen LogP contribution in [-0.2, 0) is 19.4 Å². The monoisotopic (exact) mass is 442 g/mol. The molecule has 5 nitrogen and oxygen atoms in total. The Morgan fingerprint density at radius 1 is 1.03 bits per heavy atom. The molecule has 5 rings (SSSR count). The second-order valence-corrected chi connectivity index (χ2v) is 8.26. The van der Waals surface area contributed by atoms with Crippen LogP contribution in [0.4, 0.5) is 5.69 Å². The lowest BCUT2D eigenvalue weighted by Gasteiger charge is -2.08. The van der Waals surface area contributed by atoms with Gasteiger partial charge in [0.2, 0.25) is 0 Å². The number of carbonyl (C=O) groups is 1. The number of hydrogen-bond donors (Lipinski definition) is 2. The number of aromatic nitrogens is 3. The fourth-order valence-corrected chi connectivity index (χ4v) is 4.28. The number of aromatic amines is 1. The Bertz CT molecular complexity index is 1420. The van der Waals surface area contributed by atoms with Crippen molar-refractivity contribution >= 4 is 45.1 Å². The zero-order chi connectivity index (χ0) is 22.1. The third kappa shape index (κ3) is 3.99. The van der Waals surface area contributed by atoms with Crippen molar-refractivity contribution in [2.45, 2.75) is 26.3 Å². The van der Waals surface area contributed by atoms with Gasteiger partial charge in [0, 0.05) is 34.6 Å². The van der Waals surface area contributed by atoms with E-state index in [0.29, 0.717) is 10.7 Å². The summed E-state index contributed by atoms with van der Waals surface area (Å²) in [5, 5.41) is 4.51. The van der Waals surface area contributed by atoms with Gasteiger partial charge < -0.3 is 14.9 Å². The van der Waals surface area contributed by atoms with E-state index in [4.69, 9.17) is 16.6 Å². The van der Waals surface area contributed by atoms with E-state index in [1.807, 2.05) is 36.4 Å². The number of rotatable bonds is 6. The topological polar surface area (TPSA) is 62.7 Å². The van der Waals surface area contributed by atoms with Crippen molar-refractivity contribution in [3.8, 4) is 0 Å². The highest BCUT2D eigenvalue weighted by Crippen LogP contribution is 2.21. The summed E-state index contributed by atoms with van der Waals surface area (Å²) in [4.78, 5) is 20.6. The number of amides is 1. The van der Waals surface area contributed by atoms with E-state index in [0.717, 1.165) is 47.3 Å². The van der Waals surface area contributed by atoms with E-state index in [1.54, 1.807) is 6.07 Å². The number of imidazole rings is 1. The summed E-state index contributed by atoms with van der Waals surface area (Å²) in [7, 11) is 0. The molecule has 1 amide bonds. The molecule has 32 heavy (non-hydrogen) atoms. The Morgan fingerprint density at radius 2 is 1.84 bits per heavy atom. The quantitative estimate of drug-likeness (QED) is 0.327. The summed E-state index contributed by atoms with van der Waals surface area (Å²) in [5.74, 6) is 0.923. The zero-order valence-corrected chi connectivity index (χ0v) is 18.5. The lowest BCUT2D eigenvalue weighted by molar-refractivity contribution is 0.102. The minimum absolute atomic E-state index is 0.179. The molecule has 0 saturated carbocycles. The summed E-state index contributed by atoms with van der Waals surface area (Å²) in [6.45, 7) is 3.05. The predicted molar refractivity (Wildman–Crippen MR) is 131 cm³/mol. The predicted octanol–water partition coefficient (Wildman–Crippen LogP) is 6.23. The number of carbonyl (C=O) groups excluding carboxylic acids is 1. The van der Waals surface area contributed by atoms with E-state index in [2.05, 4.69) is 52.1 Å². The van der Waals surface area contributed by atoms with Crippen molar-refractivity contribution in [3.63, 3.8) is 0 Å². The highest BCUT2D eigenvalue weighted by molar-refractivity contribution is 6.31. The van der Waals surface area contributed by atoms with Gasteiger partial charge in [-0.2, -0.15) is 0 Å². The highest BCUT2D eigenvalue weighted by Gasteiger charge is 2.11. The Labute approximate surface area is 191 Å². The van der Waals surface area contributed by atoms with Gasteiger partial charge in [0.1, 0.15) is 11.5 Å². The third-order valence-corrected chi connectivity index (χ3v) is 5.96. The van der Waals surface area contributed by atoms with Gasteiger partial charge in [0.25, 0.3) is 5.91 Å². The Kier molecular flexibility index (Phi) is 5.41. The maximum absolute atomic E-state index is 12.6. The van der Waals surface area contributed by atoms with Crippen molar-refractivity contribution < 1.29 is 4.79 Å². The molecule has 2 aromatic heterocycles. The molecule has 0 unspecified atom stereocenters. The van der Waals surface area contributed by atoms with Gasteiger partial charge in [-0.1, -0.05) is 35.9 Å². The zero-order valence-electron chi connectivity index (χ0n) is 17.7. The van der Waals surface area contributed by atoms with Gasteiger partial charge in [-0.25, -0.2) is 4.98 Å². The molecule has 0 atom stereocenters. The Hall–Kier alpha value is -3.57. The van der Waals surface area contributed by atoms with Gasteiger partial charge in [-0.05, 0) is 67.4 Å². The Morgan fingerprint density at radius 3 is 2.66 bits per heavy atom. The lowest BCUT2D eigenvalue weighted by atomic mass is 10.1. The van der Waals surface area contributed by atoms with Crippen molar-refractivity contribution in [3.05, 3.63) is 94.9 Å². The van der Waals surface area contributed by atoms with E-state index < -0.39 is 0 Å². The summed E-state index contributed by atoms with van der Waals surface area (Å²) < 4.78 is 2.28. The number of H-pyrrole nitrogens is 1. The van der Waals surface area contributed by atoms with Crippen LogP contribution in [0.1, 0.15) is 28.8 Å². The van der Waals surface area contributed by atoms with Crippen LogP contribution in [0.15, 0.2) is 72.8 Å². The van der Waals surface area contributed by atoms with Gasteiger partial charge >= 0.3 is 0 Å². The van der Waals surface area contributed by atoms with Crippen molar-refractivity contribution in [1.29, 1.82) is 0 Å². The number of para-hydroxylation sites is 2. The molecule has 5 aromatic rings. The number of aryl methyl sites for hydroxylation is 3. The summed E-state index contributed by atoms with van der Waals surface area (Å²) in [6.07, 6.45) is 1.76. The molecule has 0 aliphatic heterocycles. The molecule has 160 valence electrons. The van der Waals surface area contributed by atoms with Gasteiger partial charge in [-0.15, -0.1) is 0 Å². The number of fused-ring (bicyclic) bond motifs is 2. The molecular formula is C26H23ClN4O. The normalized spacial score (nSPS) is 11.3. The Balaban J connectivity index is 1.25. The summed E-state index contributed by atoms with van der Waals surface area (Å²) in [6, 6.07) is 23.6. The first-order chi connectivity index (χ1) is 15.6. The molecule has 0 spiro atoms. The van der Waals surface area contributed by atoms with Crippen LogP contribution in [-0.4, -0.2) is 20.4 Å². The number of anilines is 1. The molecule has 0 aliphatic carbocycles. The summed E-state index contributed by atoms with van der Waals surface area (Å²) in [5.41, 5.74) is 5.58. The first-order valence-corrected chi connectivity index (χ1v) is 11.1. The van der Waals surface area contributed by atoms with Crippen LogP contribution in [0.2, 0.25) is 5.02 Å². The van der Waals surface area contributed by atoms with Crippen LogP contribution < -0.4 is 5.32 Å². The number of benzene rings is 3. The second kappa shape index (κ2) is 8.52. The molecule has 0 bridgehead atoms. The molecule has 2 heterocycles. The van der Waals surface area contributed by atoms with Crippen molar-refractivity contribution in [2.24, 2.45) is 0 Å². The van der Waals surface area contributed by atoms with E-state index in [-0.39, 0.29) is 5.91 Å². The minimum atomic E-state index is -0.179. The molecule has 0 aliphatic rings. The molecule has 3 aromatic carbocycles. The van der Waals surface area contributed by atoms with Gasteiger partial charge in [0.15, 0.2) is 0 Å². The van der Waals surface area contributed by atoms with Crippen LogP contribution in [0.5, 0.6) is 0 Å². The van der Waals surface area contributed by atoms with Gasteiger partial charge in [0.05, 0.1) is 11.0 Å². The largest absolute Gasteiger partial charge is 0.351 e. The fourth-order valence-electron chi connectivity index (χ4n) is 4.10. The number of halogens is 1. The van der Waals surface area contributed by atoms with Crippen LogP contribution in [0.3, 0.4) is 0 Å². The smallest absolute Gasteiger partial charge is 0.272 e. The average Bonchev–Trinajstić information content (AvgIpc) is 3.39. The van der Waals surface area contributed by atoms with Crippen molar-refractivity contribution in [2.75, 3.05) is 5.32 Å². The summed E-state index contributed by atoms with van der Waals surface area (Å²) >= 11 is 6.03. The van der Waals surface area contributed by atoms with Crippen LogP contribution >= 0.6 is 11.6 Å². The fraction of sp³-hybridized carbons (Fsp3) is 0.154. The van der Waals surface area contributed by atoms with Crippen molar-refractivity contribution in [1.82, 2.24) is 14.5 Å². The van der Waals surface area contributed by atoms with E-state index in [1.165, 1.54) is 11.1 Å². The van der Waals surface area contributed by atoms with Crippen LogP contribution in [0, 0.1) is 0 Å². The standard InChI is InChI=1S/C26H23ClN4O/c1-2-31-24-6-4-3-5-22(24)30-25(31)14-9-17-7-11-20(12-8-17)28-26(32)23-16-18-15-19(27)10-13-21(18)29-23/h3-8,10-13,15-16,29H,2,9,14H2,1H3,(H,28,32). The second-order valence-electron chi connectivity index (χ2n) is 7.83. The van der Waals surface area contributed by atoms with Crippen LogP contribution in [0.25, 0.3) is 21.9 Å². The number of nitrogens with one attached hydrogen (secondary N) is 2. The van der Waals surface area contributed by atoms with E-state index >= 15 is 0 Å². The molecule has 0 radical (unpaired) electrons. The molecule has 0 fully saturated rings. The minimum Gasteiger partial charge on any atom is -0.351 e. The molecule has 6 heteroatoms. The van der Waals surface area contributed by atoms with E-state index in [9.17, 15) is 4.79 Å². The third-order valence-electron chi connectivity index (χ3n) is 5.73. The SMILES string of the molecule is CCn1c(CCc2ccc(NC(=O)c3cc4cc(Cl)ccc4[nH]3)cc2)nc2ccccc21. The first-order valence-electron chi connectivity index (χ1n) is 10.7. The number of hydrogen-bond acceptors (Lipinski definition) is 2. The maximum atomic E-state index is 12.6. The highest BCUT2D eigenvalue weighted by atomic mass is 35.5. The maximum Gasteiger partial charge on any atom is 0.272 e. The molecule has 2 N–H and O–H groups in total. The first kappa shape index (κ1) is 20.3. The average molecular weight is 443 g/mol. The number of nitrogens with zero attached hydrogens (tertiary/aromatic N) is 2. The lowest BCUT2D eigenvalue weighted by Crippen LogP contribution is -2.12. The molecular weight excluding hydrogens is 420 g/mol. The van der Waals surface area contributed by atoms with Gasteiger partial charge in [-0.3, -0.25) is 4.79 Å². The molecule has 0 saturated heterocycles.